The number of hydrogen-bond donors (Lipinski definition) is 0. The molecule has 0 aromatic carbocycles. The highest BCUT2D eigenvalue weighted by Gasteiger charge is 2.34. The van der Waals surface area contributed by atoms with Crippen LogP contribution in [0.4, 0.5) is 19.0 Å². The van der Waals surface area contributed by atoms with Gasteiger partial charge in [-0.15, -0.1) is 0 Å². The Hall–Kier alpha value is -1.04. The van der Waals surface area contributed by atoms with Gasteiger partial charge in [-0.1, -0.05) is 0 Å². The molecule has 0 N–H and O–H groups in total. The maximum absolute atomic E-state index is 12.5. The lowest BCUT2D eigenvalue weighted by Gasteiger charge is -2.26. The van der Waals surface area contributed by atoms with E-state index in [2.05, 4.69) is 9.97 Å². The van der Waals surface area contributed by atoms with E-state index in [9.17, 15) is 13.2 Å². The Morgan fingerprint density at radius 2 is 1.94 bits per heavy atom. The number of halogens is 4. The zero-order valence-corrected chi connectivity index (χ0v) is 10.5. The standard InChI is InChI=1S/C10H13ClF3N3/c1-4-17(6(2)3)8-5-7(10(12,13)14)15-9(11)16-8/h5-6H,4H2,1-3H3. The van der Waals surface area contributed by atoms with E-state index in [1.165, 1.54) is 0 Å². The molecule has 0 unspecified atom stereocenters. The Morgan fingerprint density at radius 1 is 1.35 bits per heavy atom. The van der Waals surface area contributed by atoms with Crippen LogP contribution in [0.5, 0.6) is 0 Å². The molecule has 0 aliphatic rings. The van der Waals surface area contributed by atoms with Gasteiger partial charge >= 0.3 is 6.18 Å². The Morgan fingerprint density at radius 3 is 2.35 bits per heavy atom. The van der Waals surface area contributed by atoms with Crippen molar-refractivity contribution in [1.82, 2.24) is 9.97 Å². The number of rotatable bonds is 3. The molecule has 0 saturated carbocycles. The topological polar surface area (TPSA) is 29.0 Å². The third kappa shape index (κ3) is 3.46. The van der Waals surface area contributed by atoms with Crippen LogP contribution in [-0.2, 0) is 6.18 Å². The maximum atomic E-state index is 12.5. The predicted octanol–water partition coefficient (Wildman–Crippen LogP) is 3.38. The number of aromatic nitrogens is 2. The van der Waals surface area contributed by atoms with Crippen LogP contribution < -0.4 is 4.90 Å². The zero-order valence-electron chi connectivity index (χ0n) is 9.72. The van der Waals surface area contributed by atoms with E-state index in [1.54, 1.807) is 4.90 Å². The molecule has 0 atom stereocenters. The second kappa shape index (κ2) is 5.08. The van der Waals surface area contributed by atoms with Crippen LogP contribution in [0.1, 0.15) is 26.5 Å². The Bertz CT molecular complexity index is 393. The number of nitrogens with zero attached hydrogens (tertiary/aromatic N) is 3. The van der Waals surface area contributed by atoms with Gasteiger partial charge in [-0.3, -0.25) is 0 Å². The van der Waals surface area contributed by atoms with Gasteiger partial charge in [-0.2, -0.15) is 13.2 Å². The molecule has 1 rings (SSSR count). The van der Waals surface area contributed by atoms with Crippen LogP contribution in [0.2, 0.25) is 5.28 Å². The molecule has 7 heteroatoms. The molecular weight excluding hydrogens is 255 g/mol. The Labute approximate surface area is 103 Å². The molecule has 0 spiro atoms. The SMILES string of the molecule is CCN(c1cc(C(F)(F)F)nc(Cl)n1)C(C)C. The summed E-state index contributed by atoms with van der Waals surface area (Å²) in [6.07, 6.45) is -4.52. The molecule has 3 nitrogen and oxygen atoms in total. The highest BCUT2D eigenvalue weighted by Crippen LogP contribution is 2.30. The summed E-state index contributed by atoms with van der Waals surface area (Å²) in [6.45, 7) is 6.12. The normalized spacial score (nSPS) is 12.0. The summed E-state index contributed by atoms with van der Waals surface area (Å²) in [6, 6.07) is 0.946. The van der Waals surface area contributed by atoms with Crippen molar-refractivity contribution in [2.75, 3.05) is 11.4 Å². The summed E-state index contributed by atoms with van der Waals surface area (Å²) in [5.41, 5.74) is -1.02. The van der Waals surface area contributed by atoms with E-state index in [4.69, 9.17) is 11.6 Å². The molecule has 1 aromatic rings. The van der Waals surface area contributed by atoms with Gasteiger partial charge in [0.1, 0.15) is 5.82 Å². The predicted molar refractivity (Wildman–Crippen MR) is 60.2 cm³/mol. The second-order valence-electron chi connectivity index (χ2n) is 3.76. The van der Waals surface area contributed by atoms with Crippen molar-refractivity contribution in [3.8, 4) is 0 Å². The number of alkyl halides is 3. The summed E-state index contributed by atoms with van der Waals surface area (Å²) >= 11 is 5.51. The molecule has 0 aliphatic heterocycles. The van der Waals surface area contributed by atoms with E-state index in [0.29, 0.717) is 6.54 Å². The smallest absolute Gasteiger partial charge is 0.354 e. The second-order valence-corrected chi connectivity index (χ2v) is 4.10. The third-order valence-electron chi connectivity index (χ3n) is 2.23. The molecule has 96 valence electrons. The van der Waals surface area contributed by atoms with Gasteiger partial charge in [0.25, 0.3) is 0 Å². The van der Waals surface area contributed by atoms with E-state index >= 15 is 0 Å². The monoisotopic (exact) mass is 267 g/mol. The van der Waals surface area contributed by atoms with Crippen molar-refractivity contribution < 1.29 is 13.2 Å². The lowest BCUT2D eigenvalue weighted by atomic mass is 10.3. The van der Waals surface area contributed by atoms with E-state index in [0.717, 1.165) is 6.07 Å². The lowest BCUT2D eigenvalue weighted by molar-refractivity contribution is -0.141. The molecular formula is C10H13ClF3N3. The number of anilines is 1. The summed E-state index contributed by atoms with van der Waals surface area (Å²) in [4.78, 5) is 8.71. The van der Waals surface area contributed by atoms with Crippen LogP contribution >= 0.6 is 11.6 Å². The highest BCUT2D eigenvalue weighted by atomic mass is 35.5. The average molecular weight is 268 g/mol. The van der Waals surface area contributed by atoms with Crippen molar-refractivity contribution >= 4 is 17.4 Å². The summed E-state index contributed by atoms with van der Waals surface area (Å²) in [7, 11) is 0. The first kappa shape index (κ1) is 14.0. The van der Waals surface area contributed by atoms with Crippen molar-refractivity contribution in [2.45, 2.75) is 33.0 Å². The fourth-order valence-corrected chi connectivity index (χ4v) is 1.67. The van der Waals surface area contributed by atoms with Gasteiger partial charge in [0, 0.05) is 18.7 Å². The van der Waals surface area contributed by atoms with Gasteiger partial charge in [0.15, 0.2) is 5.69 Å². The highest BCUT2D eigenvalue weighted by molar-refractivity contribution is 6.28. The first-order valence-electron chi connectivity index (χ1n) is 5.14. The number of hydrogen-bond acceptors (Lipinski definition) is 3. The minimum atomic E-state index is -4.52. The fraction of sp³-hybridized carbons (Fsp3) is 0.600. The first-order chi connectivity index (χ1) is 7.75. The van der Waals surface area contributed by atoms with Gasteiger partial charge in [0.05, 0.1) is 0 Å². The lowest BCUT2D eigenvalue weighted by Crippen LogP contribution is -2.31. The van der Waals surface area contributed by atoms with E-state index in [1.807, 2.05) is 20.8 Å². The largest absolute Gasteiger partial charge is 0.433 e. The third-order valence-corrected chi connectivity index (χ3v) is 2.40. The molecule has 1 aromatic heterocycles. The summed E-state index contributed by atoms with van der Waals surface area (Å²) < 4.78 is 37.6. The summed E-state index contributed by atoms with van der Waals surface area (Å²) in [5.74, 6) is 0.190. The molecule has 0 bridgehead atoms. The Balaban J connectivity index is 3.21. The minimum Gasteiger partial charge on any atom is -0.354 e. The molecule has 0 fully saturated rings. The van der Waals surface area contributed by atoms with Gasteiger partial charge in [0.2, 0.25) is 5.28 Å². The van der Waals surface area contributed by atoms with Crippen LogP contribution in [0, 0.1) is 0 Å². The molecule has 0 saturated heterocycles. The molecule has 0 amide bonds. The molecule has 0 aliphatic carbocycles. The van der Waals surface area contributed by atoms with Crippen LogP contribution in [0.25, 0.3) is 0 Å². The average Bonchev–Trinajstić information content (AvgIpc) is 2.15. The van der Waals surface area contributed by atoms with Gasteiger partial charge in [-0.05, 0) is 32.4 Å². The molecule has 1 heterocycles. The Kier molecular flexibility index (Phi) is 4.19. The van der Waals surface area contributed by atoms with Crippen LogP contribution in [0.15, 0.2) is 6.07 Å². The quantitative estimate of drug-likeness (QED) is 0.786. The van der Waals surface area contributed by atoms with Crippen LogP contribution in [0.3, 0.4) is 0 Å². The van der Waals surface area contributed by atoms with Crippen molar-refractivity contribution in [2.24, 2.45) is 0 Å². The van der Waals surface area contributed by atoms with Crippen molar-refractivity contribution in [3.05, 3.63) is 17.0 Å². The molecule has 0 radical (unpaired) electrons. The van der Waals surface area contributed by atoms with Crippen molar-refractivity contribution in [3.63, 3.8) is 0 Å². The van der Waals surface area contributed by atoms with Gasteiger partial charge < -0.3 is 4.90 Å². The molecule has 17 heavy (non-hydrogen) atoms. The summed E-state index contributed by atoms with van der Waals surface area (Å²) in [5, 5.41) is -0.395. The maximum Gasteiger partial charge on any atom is 0.433 e. The van der Waals surface area contributed by atoms with Crippen LogP contribution in [-0.4, -0.2) is 22.6 Å². The fourth-order valence-electron chi connectivity index (χ4n) is 1.49. The van der Waals surface area contributed by atoms with Crippen molar-refractivity contribution in [1.29, 1.82) is 0 Å². The minimum absolute atomic E-state index is 0.0343. The van der Waals surface area contributed by atoms with E-state index in [-0.39, 0.29) is 11.9 Å². The van der Waals surface area contributed by atoms with E-state index < -0.39 is 17.2 Å². The first-order valence-corrected chi connectivity index (χ1v) is 5.52. The van der Waals surface area contributed by atoms with Gasteiger partial charge in [-0.25, -0.2) is 9.97 Å². The zero-order chi connectivity index (χ0) is 13.2.